The first kappa shape index (κ1) is 53.6. The molecule has 1 unspecified atom stereocenters. The van der Waals surface area contributed by atoms with E-state index in [-0.39, 0.29) is 37.5 Å². The van der Waals surface area contributed by atoms with Crippen molar-refractivity contribution in [2.24, 2.45) is 0 Å². The summed E-state index contributed by atoms with van der Waals surface area (Å²) in [5, 5.41) is 0. The van der Waals surface area contributed by atoms with Crippen molar-refractivity contribution in [2.45, 2.75) is 207 Å². The van der Waals surface area contributed by atoms with E-state index in [0.29, 0.717) is 19.3 Å². The highest BCUT2D eigenvalue weighted by Gasteiger charge is 2.19. The Bertz CT molecular complexity index is 1140. The lowest BCUT2D eigenvalue weighted by molar-refractivity contribution is -0.167. The molecule has 0 amide bonds. The summed E-state index contributed by atoms with van der Waals surface area (Å²) in [4.78, 5) is 37.7. The molecule has 6 heteroatoms. The summed E-state index contributed by atoms with van der Waals surface area (Å²) in [7, 11) is 0. The molecule has 0 aliphatic rings. The predicted octanol–water partition coefficient (Wildman–Crippen LogP) is 14.9. The van der Waals surface area contributed by atoms with Gasteiger partial charge in [-0.05, 0) is 89.9 Å². The highest BCUT2D eigenvalue weighted by molar-refractivity contribution is 5.71. The van der Waals surface area contributed by atoms with Gasteiger partial charge in [0.1, 0.15) is 13.2 Å². The molecule has 0 aliphatic carbocycles. The molecule has 0 radical (unpaired) electrons. The van der Waals surface area contributed by atoms with Gasteiger partial charge in [0.25, 0.3) is 0 Å². The third kappa shape index (κ3) is 43.6. The van der Waals surface area contributed by atoms with Crippen molar-refractivity contribution >= 4 is 17.9 Å². The Labute approximate surface area is 350 Å². The van der Waals surface area contributed by atoms with E-state index in [1.807, 2.05) is 0 Å². The van der Waals surface area contributed by atoms with Gasteiger partial charge in [0.05, 0.1) is 0 Å². The second kappa shape index (κ2) is 45.3. The number of hydrogen-bond donors (Lipinski definition) is 0. The van der Waals surface area contributed by atoms with E-state index in [0.717, 1.165) is 109 Å². The van der Waals surface area contributed by atoms with Crippen molar-refractivity contribution in [3.8, 4) is 0 Å². The van der Waals surface area contributed by atoms with E-state index in [9.17, 15) is 14.4 Å². The minimum atomic E-state index is -0.813. The monoisotopic (exact) mass is 793 g/mol. The van der Waals surface area contributed by atoms with Gasteiger partial charge in [-0.1, -0.05) is 176 Å². The molecule has 0 aromatic carbocycles. The van der Waals surface area contributed by atoms with E-state index in [4.69, 9.17) is 14.2 Å². The molecule has 324 valence electrons. The maximum absolute atomic E-state index is 12.7. The number of carbonyl (C=O) groups is 3. The van der Waals surface area contributed by atoms with Crippen LogP contribution in [0.4, 0.5) is 0 Å². The summed E-state index contributed by atoms with van der Waals surface area (Å²) in [5.41, 5.74) is 0. The van der Waals surface area contributed by atoms with Crippen LogP contribution in [0.15, 0.2) is 85.1 Å². The van der Waals surface area contributed by atoms with Gasteiger partial charge in [-0.15, -0.1) is 0 Å². The van der Waals surface area contributed by atoms with E-state index < -0.39 is 6.10 Å². The number of carbonyl (C=O) groups excluding carboxylic acids is 3. The molecule has 0 bridgehead atoms. The van der Waals surface area contributed by atoms with Gasteiger partial charge in [0, 0.05) is 19.3 Å². The molecule has 0 aromatic heterocycles. The molecule has 57 heavy (non-hydrogen) atoms. The van der Waals surface area contributed by atoms with Crippen LogP contribution in [0.2, 0.25) is 0 Å². The Balaban J connectivity index is 4.45. The highest BCUT2D eigenvalue weighted by Crippen LogP contribution is 2.12. The van der Waals surface area contributed by atoms with Crippen LogP contribution < -0.4 is 0 Å². The highest BCUT2D eigenvalue weighted by atomic mass is 16.6. The van der Waals surface area contributed by atoms with Crippen molar-refractivity contribution < 1.29 is 28.6 Å². The lowest BCUT2D eigenvalue weighted by Gasteiger charge is -2.18. The van der Waals surface area contributed by atoms with E-state index in [1.165, 1.54) is 44.9 Å². The second-order valence-corrected chi connectivity index (χ2v) is 15.0. The van der Waals surface area contributed by atoms with Gasteiger partial charge >= 0.3 is 17.9 Å². The van der Waals surface area contributed by atoms with E-state index in [1.54, 1.807) is 0 Å². The van der Waals surface area contributed by atoms with E-state index in [2.05, 4.69) is 106 Å². The molecule has 0 aromatic rings. The van der Waals surface area contributed by atoms with Crippen LogP contribution in [-0.4, -0.2) is 37.2 Å². The zero-order chi connectivity index (χ0) is 41.5. The first-order valence-corrected chi connectivity index (χ1v) is 23.1. The minimum Gasteiger partial charge on any atom is -0.462 e. The lowest BCUT2D eigenvalue weighted by atomic mass is 10.1. The number of allylic oxidation sites excluding steroid dienone is 14. The van der Waals surface area contributed by atoms with Crippen LogP contribution in [0.1, 0.15) is 201 Å². The molecule has 1 atom stereocenters. The van der Waals surface area contributed by atoms with Gasteiger partial charge in [0.2, 0.25) is 0 Å². The smallest absolute Gasteiger partial charge is 0.306 e. The molecule has 0 heterocycles. The van der Waals surface area contributed by atoms with Crippen LogP contribution >= 0.6 is 0 Å². The molecule has 0 saturated heterocycles. The zero-order valence-corrected chi connectivity index (χ0v) is 36.8. The third-order valence-corrected chi connectivity index (χ3v) is 9.41. The number of esters is 3. The topological polar surface area (TPSA) is 78.9 Å². The molecule has 0 rings (SSSR count). The maximum Gasteiger partial charge on any atom is 0.306 e. The van der Waals surface area contributed by atoms with Gasteiger partial charge in [0.15, 0.2) is 6.10 Å². The number of unbranched alkanes of at least 4 members (excludes halogenated alkanes) is 17. The van der Waals surface area contributed by atoms with Gasteiger partial charge in [-0.25, -0.2) is 0 Å². The lowest BCUT2D eigenvalue weighted by Crippen LogP contribution is -2.30. The summed E-state index contributed by atoms with van der Waals surface area (Å²) >= 11 is 0. The Morgan fingerprint density at radius 3 is 1.33 bits per heavy atom. The molecule has 0 aliphatic heterocycles. The van der Waals surface area contributed by atoms with Gasteiger partial charge < -0.3 is 14.2 Å². The number of rotatable bonds is 40. The first-order chi connectivity index (χ1) is 28.0. The van der Waals surface area contributed by atoms with Crippen LogP contribution in [0.5, 0.6) is 0 Å². The van der Waals surface area contributed by atoms with Crippen molar-refractivity contribution in [1.29, 1.82) is 0 Å². The third-order valence-electron chi connectivity index (χ3n) is 9.41. The van der Waals surface area contributed by atoms with Gasteiger partial charge in [-0.2, -0.15) is 0 Å². The van der Waals surface area contributed by atoms with Crippen LogP contribution in [0, 0.1) is 0 Å². The molecular weight excluding hydrogens is 709 g/mol. The van der Waals surface area contributed by atoms with Crippen LogP contribution in [0.3, 0.4) is 0 Å². The Kier molecular flexibility index (Phi) is 42.6. The summed E-state index contributed by atoms with van der Waals surface area (Å²) in [6.07, 6.45) is 57.2. The molecule has 0 spiro atoms. The second-order valence-electron chi connectivity index (χ2n) is 15.0. The van der Waals surface area contributed by atoms with Crippen molar-refractivity contribution in [3.63, 3.8) is 0 Å². The van der Waals surface area contributed by atoms with Crippen molar-refractivity contribution in [3.05, 3.63) is 85.1 Å². The Hall–Kier alpha value is -3.41. The Morgan fingerprint density at radius 2 is 0.789 bits per heavy atom. The van der Waals surface area contributed by atoms with Crippen LogP contribution in [0.25, 0.3) is 0 Å². The van der Waals surface area contributed by atoms with E-state index >= 15 is 0 Å². The average Bonchev–Trinajstić information content (AvgIpc) is 3.21. The molecule has 0 N–H and O–H groups in total. The first-order valence-electron chi connectivity index (χ1n) is 23.1. The number of ether oxygens (including phenoxy) is 3. The fourth-order valence-electron chi connectivity index (χ4n) is 5.92. The summed E-state index contributed by atoms with van der Waals surface area (Å²) in [6, 6.07) is 0. The van der Waals surface area contributed by atoms with Gasteiger partial charge in [-0.3, -0.25) is 14.4 Å². The zero-order valence-electron chi connectivity index (χ0n) is 36.8. The normalized spacial score (nSPS) is 12.8. The van der Waals surface area contributed by atoms with Crippen molar-refractivity contribution in [2.75, 3.05) is 13.2 Å². The largest absolute Gasteiger partial charge is 0.462 e. The minimum absolute atomic E-state index is 0.111. The van der Waals surface area contributed by atoms with Crippen LogP contribution in [-0.2, 0) is 28.6 Å². The summed E-state index contributed by atoms with van der Waals surface area (Å²) in [6.45, 7) is 6.36. The molecule has 0 fully saturated rings. The summed E-state index contributed by atoms with van der Waals surface area (Å²) in [5.74, 6) is -1.01. The molecule has 6 nitrogen and oxygen atoms in total. The average molecular weight is 793 g/mol. The maximum atomic E-state index is 12.7. The predicted molar refractivity (Wildman–Crippen MR) is 242 cm³/mol. The standard InChI is InChI=1S/C51H84O6/c1-4-7-10-13-16-19-22-23-24-25-26-27-28-30-32-35-38-41-44-50(53)56-47-48(46-55-49(52)43-40-37-34-31-21-18-15-12-9-6-3)57-51(54)45-42-39-36-33-29-20-17-14-11-8-5-2/h8,11,15,17-18,20,22-27,33,36,48H,4-7,9-10,12-14,16,19,21,28-32,34-35,37-47H2,1-3H3/b11-8-,18-15-,20-17-,23-22-,25-24-,27-26-,36-33-. The Morgan fingerprint density at radius 1 is 0.386 bits per heavy atom. The van der Waals surface area contributed by atoms with Crippen molar-refractivity contribution in [1.82, 2.24) is 0 Å². The SMILES string of the molecule is CC/C=C\C/C=C\C/C=C\CCCC(=O)OC(COC(=O)CCCCCC/C=C\CCCC)COC(=O)CCCCCCC\C=C/C=C\C=C/CCCCCCC. The molecule has 0 saturated carbocycles. The molecular formula is C51H84O6. The fourth-order valence-corrected chi connectivity index (χ4v) is 5.92. The summed E-state index contributed by atoms with van der Waals surface area (Å²) < 4.78 is 16.6. The fraction of sp³-hybridized carbons (Fsp3) is 0.667. The quantitative estimate of drug-likeness (QED) is 0.0202. The number of hydrogen-bond acceptors (Lipinski definition) is 6.